The number of halogens is 1. The lowest BCUT2D eigenvalue weighted by Crippen LogP contribution is -2.39. The van der Waals surface area contributed by atoms with Crippen molar-refractivity contribution < 1.29 is 9.47 Å². The maximum Gasteiger partial charge on any atom is 0.191 e. The highest BCUT2D eigenvalue weighted by Crippen LogP contribution is 2.12. The van der Waals surface area contributed by atoms with Gasteiger partial charge in [0, 0.05) is 26.3 Å². The lowest BCUT2D eigenvalue weighted by Gasteiger charge is -2.15. The van der Waals surface area contributed by atoms with Gasteiger partial charge in [0.1, 0.15) is 5.75 Å². The van der Waals surface area contributed by atoms with Crippen molar-refractivity contribution >= 4 is 29.9 Å². The Morgan fingerprint density at radius 3 is 2.38 bits per heavy atom. The maximum atomic E-state index is 5.41. The summed E-state index contributed by atoms with van der Waals surface area (Å²) in [5.74, 6) is 1.76. The van der Waals surface area contributed by atoms with Crippen LogP contribution >= 0.6 is 24.0 Å². The molecule has 1 saturated heterocycles. The monoisotopic (exact) mass is 518 g/mol. The zero-order valence-electron chi connectivity index (χ0n) is 18.1. The summed E-state index contributed by atoms with van der Waals surface area (Å²) in [4.78, 5) is 7.32. The number of ether oxygens (including phenoxy) is 2. The van der Waals surface area contributed by atoms with Gasteiger partial charge in [-0.3, -0.25) is 0 Å². The van der Waals surface area contributed by atoms with Crippen molar-refractivity contribution in [2.24, 2.45) is 4.99 Å². The summed E-state index contributed by atoms with van der Waals surface area (Å²) in [6.07, 6.45) is 6.12. The van der Waals surface area contributed by atoms with Crippen molar-refractivity contribution in [1.82, 2.24) is 15.5 Å². The number of aliphatic imine (C=N–C) groups is 1. The first kappa shape index (κ1) is 26.0. The van der Waals surface area contributed by atoms with Crippen LogP contribution in [0.25, 0.3) is 0 Å². The van der Waals surface area contributed by atoms with E-state index in [-0.39, 0.29) is 24.0 Å². The molecular weight excluding hydrogens is 479 g/mol. The van der Waals surface area contributed by atoms with Gasteiger partial charge in [0.05, 0.1) is 13.7 Å². The van der Waals surface area contributed by atoms with E-state index < -0.39 is 0 Å². The van der Waals surface area contributed by atoms with Crippen molar-refractivity contribution in [1.29, 1.82) is 0 Å². The normalized spacial score (nSPS) is 14.5. The number of likely N-dealkylation sites (tertiary alicyclic amines) is 1. The largest absolute Gasteiger partial charge is 0.497 e. The van der Waals surface area contributed by atoms with E-state index in [0.717, 1.165) is 44.4 Å². The molecule has 1 heterocycles. The Bertz CT molecular complexity index is 548. The van der Waals surface area contributed by atoms with Crippen LogP contribution in [0.4, 0.5) is 0 Å². The van der Waals surface area contributed by atoms with Gasteiger partial charge >= 0.3 is 0 Å². The van der Waals surface area contributed by atoms with E-state index in [2.05, 4.69) is 27.7 Å². The first-order chi connectivity index (χ1) is 13.8. The Kier molecular flexibility index (Phi) is 15.0. The molecule has 7 heteroatoms. The van der Waals surface area contributed by atoms with Crippen LogP contribution in [0.3, 0.4) is 0 Å². The van der Waals surface area contributed by atoms with Gasteiger partial charge in [-0.25, -0.2) is 4.99 Å². The molecule has 0 saturated carbocycles. The van der Waals surface area contributed by atoms with Crippen molar-refractivity contribution in [2.45, 2.75) is 45.6 Å². The van der Waals surface area contributed by atoms with Gasteiger partial charge in [-0.1, -0.05) is 12.1 Å². The molecule has 166 valence electrons. The molecule has 6 nitrogen and oxygen atoms in total. The molecule has 29 heavy (non-hydrogen) atoms. The predicted octanol–water partition coefficient (Wildman–Crippen LogP) is 3.65. The molecule has 0 unspecified atom stereocenters. The summed E-state index contributed by atoms with van der Waals surface area (Å²) in [6.45, 7) is 9.83. The van der Waals surface area contributed by atoms with Crippen molar-refractivity contribution in [2.75, 3.05) is 53.0 Å². The van der Waals surface area contributed by atoms with Gasteiger partial charge in [0.25, 0.3) is 0 Å². The molecule has 1 aliphatic heterocycles. The summed E-state index contributed by atoms with van der Waals surface area (Å²) in [5.41, 5.74) is 1.17. The van der Waals surface area contributed by atoms with Crippen molar-refractivity contribution in [3.8, 4) is 5.75 Å². The van der Waals surface area contributed by atoms with Crippen molar-refractivity contribution in [3.05, 3.63) is 29.8 Å². The van der Waals surface area contributed by atoms with Crippen LogP contribution < -0.4 is 15.4 Å². The fourth-order valence-corrected chi connectivity index (χ4v) is 3.27. The average Bonchev–Trinajstić information content (AvgIpc) is 3.25. The predicted molar refractivity (Wildman–Crippen MR) is 132 cm³/mol. The molecule has 0 amide bonds. The van der Waals surface area contributed by atoms with Crippen LogP contribution in [0.5, 0.6) is 5.75 Å². The van der Waals surface area contributed by atoms with Crippen LogP contribution in [0.1, 0.15) is 44.6 Å². The second kappa shape index (κ2) is 16.7. The minimum absolute atomic E-state index is 0. The number of methoxy groups -OCH3 is 1. The molecule has 1 fully saturated rings. The number of nitrogens with one attached hydrogen (secondary N) is 2. The average molecular weight is 518 g/mol. The van der Waals surface area contributed by atoms with Crippen molar-refractivity contribution in [3.63, 3.8) is 0 Å². The van der Waals surface area contributed by atoms with Crippen LogP contribution in [-0.2, 0) is 11.3 Å². The van der Waals surface area contributed by atoms with E-state index in [1.807, 2.05) is 19.1 Å². The molecule has 0 aliphatic carbocycles. The number of hydrogen-bond acceptors (Lipinski definition) is 4. The highest BCUT2D eigenvalue weighted by Gasteiger charge is 2.10. The number of guanidine groups is 1. The van der Waals surface area contributed by atoms with E-state index in [1.165, 1.54) is 50.9 Å². The Balaban J connectivity index is 0.00000420. The summed E-state index contributed by atoms with van der Waals surface area (Å²) >= 11 is 0. The standard InChI is InChI=1S/C22H38N4O2.HI/c1-3-28-18-8-14-24-22(23-13-4-5-15-26-16-6-7-17-26)25-19-20-9-11-21(27-2)12-10-20;/h9-12H,3-8,13-19H2,1-2H3,(H2,23,24,25);1H. The molecule has 1 aliphatic rings. The quantitative estimate of drug-likeness (QED) is 0.181. The number of nitrogens with zero attached hydrogens (tertiary/aromatic N) is 2. The molecule has 2 rings (SSSR count). The van der Waals surface area contributed by atoms with Crippen LogP contribution in [0.2, 0.25) is 0 Å². The summed E-state index contributed by atoms with van der Waals surface area (Å²) in [5, 5.41) is 6.91. The third kappa shape index (κ3) is 11.6. The minimum atomic E-state index is 0. The van der Waals surface area contributed by atoms with Crippen LogP contribution in [0.15, 0.2) is 29.3 Å². The molecule has 0 atom stereocenters. The number of benzene rings is 1. The molecule has 0 radical (unpaired) electrons. The Hall–Kier alpha value is -1.06. The molecule has 1 aromatic carbocycles. The SMILES string of the molecule is CCOCCCNC(=NCc1ccc(OC)cc1)NCCCCN1CCCC1.I. The minimum Gasteiger partial charge on any atom is -0.497 e. The molecule has 0 aromatic heterocycles. The third-order valence-corrected chi connectivity index (χ3v) is 4.93. The molecule has 0 spiro atoms. The van der Waals surface area contributed by atoms with Gasteiger partial charge in [-0.15, -0.1) is 24.0 Å². The summed E-state index contributed by atoms with van der Waals surface area (Å²) in [6, 6.07) is 8.08. The fourth-order valence-electron chi connectivity index (χ4n) is 3.27. The lowest BCUT2D eigenvalue weighted by molar-refractivity contribution is 0.145. The molecule has 2 N–H and O–H groups in total. The second-order valence-corrected chi connectivity index (χ2v) is 7.17. The van der Waals surface area contributed by atoms with Gasteiger partial charge in [0.2, 0.25) is 0 Å². The van der Waals surface area contributed by atoms with Gasteiger partial charge in [0.15, 0.2) is 5.96 Å². The topological polar surface area (TPSA) is 58.1 Å². The summed E-state index contributed by atoms with van der Waals surface area (Å²) in [7, 11) is 1.69. The summed E-state index contributed by atoms with van der Waals surface area (Å²) < 4.78 is 10.6. The lowest BCUT2D eigenvalue weighted by atomic mass is 10.2. The first-order valence-corrected chi connectivity index (χ1v) is 10.8. The highest BCUT2D eigenvalue weighted by atomic mass is 127. The zero-order valence-corrected chi connectivity index (χ0v) is 20.5. The van der Waals surface area contributed by atoms with Crippen LogP contribution in [0, 0.1) is 0 Å². The third-order valence-electron chi connectivity index (χ3n) is 4.93. The number of hydrogen-bond donors (Lipinski definition) is 2. The molecule has 1 aromatic rings. The second-order valence-electron chi connectivity index (χ2n) is 7.17. The van der Waals surface area contributed by atoms with E-state index >= 15 is 0 Å². The number of unbranched alkanes of at least 4 members (excludes halogenated alkanes) is 1. The number of rotatable bonds is 13. The van der Waals surface area contributed by atoms with Crippen LogP contribution in [-0.4, -0.2) is 63.9 Å². The Morgan fingerprint density at radius 1 is 1.03 bits per heavy atom. The fraction of sp³-hybridized carbons (Fsp3) is 0.682. The van der Waals surface area contributed by atoms with Gasteiger partial charge < -0.3 is 25.0 Å². The Labute approximate surface area is 193 Å². The van der Waals surface area contributed by atoms with Gasteiger partial charge in [-0.05, 0) is 76.4 Å². The first-order valence-electron chi connectivity index (χ1n) is 10.8. The molecular formula is C22H39IN4O2. The van der Waals surface area contributed by atoms with E-state index in [1.54, 1.807) is 7.11 Å². The zero-order chi connectivity index (χ0) is 19.9. The molecule has 0 bridgehead atoms. The van der Waals surface area contributed by atoms with E-state index in [9.17, 15) is 0 Å². The maximum absolute atomic E-state index is 5.41. The highest BCUT2D eigenvalue weighted by molar-refractivity contribution is 14.0. The van der Waals surface area contributed by atoms with E-state index in [4.69, 9.17) is 14.5 Å². The Morgan fingerprint density at radius 2 is 1.72 bits per heavy atom. The smallest absolute Gasteiger partial charge is 0.191 e. The van der Waals surface area contributed by atoms with Gasteiger partial charge in [-0.2, -0.15) is 0 Å². The van der Waals surface area contributed by atoms with E-state index in [0.29, 0.717) is 6.54 Å².